The number of furan rings is 1. The highest BCUT2D eigenvalue weighted by molar-refractivity contribution is 5.90. The summed E-state index contributed by atoms with van der Waals surface area (Å²) in [6.07, 6.45) is 1.93. The van der Waals surface area contributed by atoms with Crippen molar-refractivity contribution in [2.24, 2.45) is 5.92 Å². The van der Waals surface area contributed by atoms with Gasteiger partial charge in [0.15, 0.2) is 0 Å². The van der Waals surface area contributed by atoms with Gasteiger partial charge in [0.25, 0.3) is 0 Å². The Morgan fingerprint density at radius 2 is 2.28 bits per heavy atom. The number of hydrogen-bond donors (Lipinski definition) is 1. The van der Waals surface area contributed by atoms with E-state index in [0.717, 1.165) is 5.76 Å². The third-order valence-corrected chi connectivity index (χ3v) is 3.10. The molecule has 98 valence electrons. The Labute approximate surface area is 106 Å². The molecule has 1 aliphatic rings. The van der Waals surface area contributed by atoms with Crippen LogP contribution in [-0.2, 0) is 16.1 Å². The van der Waals surface area contributed by atoms with Crippen molar-refractivity contribution in [3.63, 3.8) is 0 Å². The van der Waals surface area contributed by atoms with Gasteiger partial charge in [-0.1, -0.05) is 13.8 Å². The van der Waals surface area contributed by atoms with Crippen LogP contribution >= 0.6 is 0 Å². The van der Waals surface area contributed by atoms with E-state index >= 15 is 0 Å². The molecule has 0 aliphatic carbocycles. The molecule has 0 radical (unpaired) electrons. The summed E-state index contributed by atoms with van der Waals surface area (Å²) in [7, 11) is 0. The second kappa shape index (κ2) is 5.25. The summed E-state index contributed by atoms with van der Waals surface area (Å²) < 4.78 is 5.25. The molecular formula is C13H18N2O3. The van der Waals surface area contributed by atoms with Crippen molar-refractivity contribution in [3.05, 3.63) is 24.2 Å². The number of carbonyl (C=O) groups is 2. The van der Waals surface area contributed by atoms with Crippen molar-refractivity contribution < 1.29 is 14.0 Å². The molecule has 1 unspecified atom stereocenters. The summed E-state index contributed by atoms with van der Waals surface area (Å²) in [4.78, 5) is 25.6. The van der Waals surface area contributed by atoms with Gasteiger partial charge in [0, 0.05) is 13.0 Å². The molecule has 0 aromatic carbocycles. The Morgan fingerprint density at radius 3 is 2.89 bits per heavy atom. The molecule has 5 heteroatoms. The molecule has 5 nitrogen and oxygen atoms in total. The van der Waals surface area contributed by atoms with Crippen molar-refractivity contribution >= 4 is 11.8 Å². The van der Waals surface area contributed by atoms with Crippen LogP contribution in [0.25, 0.3) is 0 Å². The first-order valence-electron chi connectivity index (χ1n) is 6.18. The number of amides is 2. The van der Waals surface area contributed by atoms with Crippen LogP contribution in [0.4, 0.5) is 0 Å². The number of rotatable bonds is 3. The van der Waals surface area contributed by atoms with E-state index in [1.807, 2.05) is 19.9 Å². The Morgan fingerprint density at radius 1 is 1.50 bits per heavy atom. The van der Waals surface area contributed by atoms with Crippen LogP contribution in [0.5, 0.6) is 0 Å². The number of nitrogens with one attached hydrogen (secondary N) is 1. The molecule has 1 aliphatic heterocycles. The Kier molecular flexibility index (Phi) is 3.69. The van der Waals surface area contributed by atoms with Gasteiger partial charge >= 0.3 is 0 Å². The fourth-order valence-corrected chi connectivity index (χ4v) is 2.05. The fraction of sp³-hybridized carbons (Fsp3) is 0.538. The molecule has 1 fully saturated rings. The highest BCUT2D eigenvalue weighted by atomic mass is 16.3. The maximum absolute atomic E-state index is 12.3. The number of carbonyl (C=O) groups excluding carboxylic acids is 2. The minimum absolute atomic E-state index is 0.0350. The molecule has 1 atom stereocenters. The molecule has 1 saturated heterocycles. The lowest BCUT2D eigenvalue weighted by atomic mass is 10.0. The molecule has 0 bridgehead atoms. The lowest BCUT2D eigenvalue weighted by Gasteiger charge is -2.25. The monoisotopic (exact) mass is 250 g/mol. The molecule has 1 aromatic rings. The molecule has 2 rings (SSSR count). The van der Waals surface area contributed by atoms with Crippen LogP contribution in [0.3, 0.4) is 0 Å². The van der Waals surface area contributed by atoms with E-state index in [1.54, 1.807) is 17.2 Å². The van der Waals surface area contributed by atoms with E-state index < -0.39 is 6.04 Å². The van der Waals surface area contributed by atoms with Crippen molar-refractivity contribution in [2.45, 2.75) is 32.9 Å². The third-order valence-electron chi connectivity index (χ3n) is 3.10. The minimum Gasteiger partial charge on any atom is -0.467 e. The van der Waals surface area contributed by atoms with E-state index in [2.05, 4.69) is 5.32 Å². The average Bonchev–Trinajstić information content (AvgIpc) is 2.78. The Hall–Kier alpha value is -1.78. The van der Waals surface area contributed by atoms with Gasteiger partial charge in [-0.05, 0) is 18.1 Å². The summed E-state index contributed by atoms with van der Waals surface area (Å²) in [5, 5.41) is 2.78. The van der Waals surface area contributed by atoms with Gasteiger partial charge < -0.3 is 14.6 Å². The lowest BCUT2D eigenvalue weighted by molar-refractivity contribution is -0.135. The van der Waals surface area contributed by atoms with E-state index in [9.17, 15) is 9.59 Å². The molecule has 18 heavy (non-hydrogen) atoms. The number of hydrogen-bond acceptors (Lipinski definition) is 3. The second-order valence-electron chi connectivity index (χ2n) is 4.88. The predicted molar refractivity (Wildman–Crippen MR) is 65.5 cm³/mol. The molecule has 2 heterocycles. The zero-order valence-corrected chi connectivity index (χ0v) is 10.7. The van der Waals surface area contributed by atoms with Crippen molar-refractivity contribution in [2.75, 3.05) is 6.54 Å². The zero-order chi connectivity index (χ0) is 13.1. The van der Waals surface area contributed by atoms with E-state index in [-0.39, 0.29) is 17.7 Å². The van der Waals surface area contributed by atoms with Crippen LogP contribution in [-0.4, -0.2) is 29.3 Å². The molecule has 2 amide bonds. The molecular weight excluding hydrogens is 232 g/mol. The summed E-state index contributed by atoms with van der Waals surface area (Å²) in [5.41, 5.74) is 0. The maximum atomic E-state index is 12.3. The first-order valence-corrected chi connectivity index (χ1v) is 6.18. The largest absolute Gasteiger partial charge is 0.467 e. The smallest absolute Gasteiger partial charge is 0.245 e. The first kappa shape index (κ1) is 12.7. The predicted octanol–water partition coefficient (Wildman–Crippen LogP) is 1.15. The van der Waals surface area contributed by atoms with Crippen molar-refractivity contribution in [1.82, 2.24) is 10.2 Å². The van der Waals surface area contributed by atoms with Gasteiger partial charge in [-0.15, -0.1) is 0 Å². The Bertz CT molecular complexity index is 425. The summed E-state index contributed by atoms with van der Waals surface area (Å²) in [5.74, 6) is 0.718. The van der Waals surface area contributed by atoms with Crippen LogP contribution in [0.1, 0.15) is 26.0 Å². The topological polar surface area (TPSA) is 62.6 Å². The van der Waals surface area contributed by atoms with Crippen molar-refractivity contribution in [1.29, 1.82) is 0 Å². The Balaban J connectivity index is 2.13. The van der Waals surface area contributed by atoms with Crippen LogP contribution < -0.4 is 5.32 Å². The van der Waals surface area contributed by atoms with E-state index in [0.29, 0.717) is 19.5 Å². The zero-order valence-electron chi connectivity index (χ0n) is 10.7. The molecule has 0 saturated carbocycles. The summed E-state index contributed by atoms with van der Waals surface area (Å²) in [6.45, 7) is 4.72. The normalized spacial score (nSPS) is 21.1. The van der Waals surface area contributed by atoms with Gasteiger partial charge in [0.05, 0.1) is 12.8 Å². The van der Waals surface area contributed by atoms with Gasteiger partial charge in [-0.3, -0.25) is 9.59 Å². The first-order chi connectivity index (χ1) is 8.58. The standard InChI is InChI=1S/C13H18N2O3/c1-9(2)12-13(17)15(6-5-11(16)14-12)8-10-4-3-7-18-10/h3-4,7,9,12H,5-6,8H2,1-2H3,(H,14,16). The third kappa shape index (κ3) is 2.72. The van der Waals surface area contributed by atoms with Gasteiger partial charge in [0.2, 0.25) is 11.8 Å². The lowest BCUT2D eigenvalue weighted by Crippen LogP contribution is -2.47. The van der Waals surface area contributed by atoms with Gasteiger partial charge in [-0.2, -0.15) is 0 Å². The van der Waals surface area contributed by atoms with Gasteiger partial charge in [0.1, 0.15) is 11.8 Å². The second-order valence-corrected chi connectivity index (χ2v) is 4.88. The number of nitrogens with zero attached hydrogens (tertiary/aromatic N) is 1. The molecule has 0 spiro atoms. The highest BCUT2D eigenvalue weighted by Gasteiger charge is 2.32. The maximum Gasteiger partial charge on any atom is 0.245 e. The van der Waals surface area contributed by atoms with E-state index in [1.165, 1.54) is 0 Å². The quantitative estimate of drug-likeness (QED) is 0.875. The highest BCUT2D eigenvalue weighted by Crippen LogP contribution is 2.14. The summed E-state index contributed by atoms with van der Waals surface area (Å²) >= 11 is 0. The van der Waals surface area contributed by atoms with Crippen LogP contribution in [0, 0.1) is 5.92 Å². The van der Waals surface area contributed by atoms with Crippen LogP contribution in [0.2, 0.25) is 0 Å². The fourth-order valence-electron chi connectivity index (χ4n) is 2.05. The molecule has 1 aromatic heterocycles. The molecule has 1 N–H and O–H groups in total. The van der Waals surface area contributed by atoms with Crippen molar-refractivity contribution in [3.8, 4) is 0 Å². The minimum atomic E-state index is -0.435. The van der Waals surface area contributed by atoms with Gasteiger partial charge in [-0.25, -0.2) is 0 Å². The SMILES string of the molecule is CC(C)C1NC(=O)CCN(Cc2ccco2)C1=O. The van der Waals surface area contributed by atoms with E-state index in [4.69, 9.17) is 4.42 Å². The average molecular weight is 250 g/mol. The van der Waals surface area contributed by atoms with Crippen LogP contribution in [0.15, 0.2) is 22.8 Å². The summed E-state index contributed by atoms with van der Waals surface area (Å²) in [6, 6.07) is 3.19.